The first-order valence-corrected chi connectivity index (χ1v) is 8.74. The molecule has 2 aromatic carbocycles. The summed E-state index contributed by atoms with van der Waals surface area (Å²) in [5.74, 6) is -2.17. The van der Waals surface area contributed by atoms with Crippen molar-refractivity contribution in [3.63, 3.8) is 0 Å². The van der Waals surface area contributed by atoms with Crippen molar-refractivity contribution >= 4 is 40.5 Å². The lowest BCUT2D eigenvalue weighted by Gasteiger charge is -2.26. The number of nitrogens with one attached hydrogen (secondary N) is 1. The van der Waals surface area contributed by atoms with Gasteiger partial charge in [0.05, 0.1) is 5.69 Å². The van der Waals surface area contributed by atoms with Gasteiger partial charge in [-0.1, -0.05) is 24.3 Å². The molecule has 1 aliphatic heterocycles. The number of hydrogen-bond acceptors (Lipinski definition) is 3. The molecule has 4 amide bonds. The van der Waals surface area contributed by atoms with E-state index in [2.05, 4.69) is 5.32 Å². The molecule has 1 fully saturated rings. The highest BCUT2D eigenvalue weighted by atomic mass is 19.1. The summed E-state index contributed by atoms with van der Waals surface area (Å²) in [5, 5.41) is 3.03. The number of hydrogen-bond donors (Lipinski definition) is 1. The molecule has 6 nitrogen and oxygen atoms in total. The molecule has 1 saturated heterocycles. The van der Waals surface area contributed by atoms with Gasteiger partial charge in [-0.25, -0.2) is 14.1 Å². The van der Waals surface area contributed by atoms with Gasteiger partial charge in [-0.05, 0) is 37.3 Å². The summed E-state index contributed by atoms with van der Waals surface area (Å²) >= 11 is 0. The number of para-hydroxylation sites is 1. The van der Waals surface area contributed by atoms with Crippen LogP contribution in [0.5, 0.6) is 0 Å². The van der Waals surface area contributed by atoms with Gasteiger partial charge in [0.25, 0.3) is 11.8 Å². The van der Waals surface area contributed by atoms with E-state index in [1.165, 1.54) is 24.3 Å². The molecule has 7 heteroatoms. The van der Waals surface area contributed by atoms with Crippen LogP contribution in [0, 0.1) is 5.82 Å². The van der Waals surface area contributed by atoms with Gasteiger partial charge in [0, 0.05) is 29.2 Å². The second-order valence-electron chi connectivity index (χ2n) is 6.33. The number of aromatic nitrogens is 1. The summed E-state index contributed by atoms with van der Waals surface area (Å²) in [6, 6.07) is 11.8. The first-order chi connectivity index (χ1) is 13.5. The van der Waals surface area contributed by atoms with Crippen LogP contribution in [0.2, 0.25) is 0 Å². The van der Waals surface area contributed by atoms with E-state index in [1.54, 1.807) is 0 Å². The number of rotatable bonds is 3. The van der Waals surface area contributed by atoms with Crippen molar-refractivity contribution in [1.29, 1.82) is 0 Å². The number of carbonyl (C=O) groups excluding carboxylic acids is 3. The highest BCUT2D eigenvalue weighted by molar-refractivity contribution is 6.39. The van der Waals surface area contributed by atoms with Gasteiger partial charge in [-0.3, -0.25) is 14.9 Å². The van der Waals surface area contributed by atoms with Gasteiger partial charge in [0.1, 0.15) is 11.4 Å². The fraction of sp³-hybridized carbons (Fsp3) is 0.0952. The number of aryl methyl sites for hydroxylation is 1. The molecule has 0 radical (unpaired) electrons. The SMILES string of the molecule is CCn1cc(C=C2C(=O)NC(=O)N(c3cccc(F)c3)C2=O)c2ccccc21. The van der Waals surface area contributed by atoms with Crippen LogP contribution in [0.3, 0.4) is 0 Å². The zero-order chi connectivity index (χ0) is 19.8. The molecule has 2 heterocycles. The quantitative estimate of drug-likeness (QED) is 0.561. The fourth-order valence-electron chi connectivity index (χ4n) is 3.31. The number of carbonyl (C=O) groups is 3. The minimum absolute atomic E-state index is 0.0527. The van der Waals surface area contributed by atoms with Gasteiger partial charge in [0.2, 0.25) is 0 Å². The van der Waals surface area contributed by atoms with Crippen LogP contribution in [-0.2, 0) is 16.1 Å². The maximum Gasteiger partial charge on any atom is 0.335 e. The van der Waals surface area contributed by atoms with Gasteiger partial charge in [0.15, 0.2) is 0 Å². The Labute approximate surface area is 159 Å². The van der Waals surface area contributed by atoms with Crippen molar-refractivity contribution in [2.45, 2.75) is 13.5 Å². The molecular formula is C21H16FN3O3. The van der Waals surface area contributed by atoms with E-state index in [9.17, 15) is 18.8 Å². The largest absolute Gasteiger partial charge is 0.347 e. The minimum Gasteiger partial charge on any atom is -0.347 e. The molecule has 0 spiro atoms. The number of barbiturate groups is 1. The Balaban J connectivity index is 1.82. The topological polar surface area (TPSA) is 71.4 Å². The third-order valence-electron chi connectivity index (χ3n) is 4.63. The zero-order valence-corrected chi connectivity index (χ0v) is 15.0. The maximum atomic E-state index is 13.6. The Morgan fingerprint density at radius 1 is 1.07 bits per heavy atom. The molecular weight excluding hydrogens is 361 g/mol. The minimum atomic E-state index is -0.909. The van der Waals surface area contributed by atoms with E-state index in [0.717, 1.165) is 28.4 Å². The van der Waals surface area contributed by atoms with E-state index in [4.69, 9.17) is 0 Å². The molecule has 1 aliphatic rings. The van der Waals surface area contributed by atoms with E-state index in [-0.39, 0.29) is 11.3 Å². The van der Waals surface area contributed by atoms with E-state index in [0.29, 0.717) is 5.56 Å². The second kappa shape index (κ2) is 6.77. The van der Waals surface area contributed by atoms with Gasteiger partial charge < -0.3 is 4.57 Å². The van der Waals surface area contributed by atoms with Crippen molar-refractivity contribution in [1.82, 2.24) is 9.88 Å². The Kier molecular flexibility index (Phi) is 4.27. The third-order valence-corrected chi connectivity index (χ3v) is 4.63. The molecule has 0 unspecified atom stereocenters. The first kappa shape index (κ1) is 17.7. The molecule has 28 heavy (non-hydrogen) atoms. The van der Waals surface area contributed by atoms with Crippen LogP contribution in [0.1, 0.15) is 12.5 Å². The van der Waals surface area contributed by atoms with E-state index < -0.39 is 23.7 Å². The number of imide groups is 2. The van der Waals surface area contributed by atoms with Crippen molar-refractivity contribution in [2.75, 3.05) is 4.90 Å². The summed E-state index contributed by atoms with van der Waals surface area (Å²) in [6.45, 7) is 2.71. The Bertz CT molecular complexity index is 1160. The number of fused-ring (bicyclic) bond motifs is 1. The van der Waals surface area contributed by atoms with Gasteiger partial charge in [-0.15, -0.1) is 0 Å². The van der Waals surface area contributed by atoms with Crippen LogP contribution >= 0.6 is 0 Å². The van der Waals surface area contributed by atoms with Crippen LogP contribution in [0.15, 0.2) is 60.3 Å². The lowest BCUT2D eigenvalue weighted by molar-refractivity contribution is -0.122. The number of anilines is 1. The van der Waals surface area contributed by atoms with E-state index >= 15 is 0 Å². The average Bonchev–Trinajstić information content (AvgIpc) is 3.03. The molecule has 0 bridgehead atoms. The number of amides is 4. The summed E-state index contributed by atoms with van der Waals surface area (Å²) in [5.41, 5.74) is 1.52. The molecule has 3 aromatic rings. The summed E-state index contributed by atoms with van der Waals surface area (Å²) in [7, 11) is 0. The smallest absolute Gasteiger partial charge is 0.335 e. The molecule has 1 N–H and O–H groups in total. The van der Waals surface area contributed by atoms with Crippen molar-refractivity contribution in [3.05, 3.63) is 71.7 Å². The summed E-state index contributed by atoms with van der Waals surface area (Å²) < 4.78 is 15.6. The van der Waals surface area contributed by atoms with Crippen molar-refractivity contribution in [3.8, 4) is 0 Å². The molecule has 0 saturated carbocycles. The number of nitrogens with zero attached hydrogens (tertiary/aromatic N) is 2. The normalized spacial score (nSPS) is 16.1. The highest BCUT2D eigenvalue weighted by Gasteiger charge is 2.37. The monoisotopic (exact) mass is 377 g/mol. The van der Waals surface area contributed by atoms with Crippen LogP contribution in [0.25, 0.3) is 17.0 Å². The maximum absolute atomic E-state index is 13.6. The fourth-order valence-corrected chi connectivity index (χ4v) is 3.31. The highest BCUT2D eigenvalue weighted by Crippen LogP contribution is 2.26. The molecule has 140 valence electrons. The third kappa shape index (κ3) is 2.87. The predicted octanol–water partition coefficient (Wildman–Crippen LogP) is 3.47. The number of halogens is 1. The van der Waals surface area contributed by atoms with Gasteiger partial charge in [-0.2, -0.15) is 0 Å². The zero-order valence-electron chi connectivity index (χ0n) is 15.0. The van der Waals surface area contributed by atoms with Crippen LogP contribution in [-0.4, -0.2) is 22.4 Å². The van der Waals surface area contributed by atoms with Crippen LogP contribution in [0.4, 0.5) is 14.9 Å². The number of urea groups is 1. The van der Waals surface area contributed by atoms with Crippen LogP contribution < -0.4 is 10.2 Å². The lowest BCUT2D eigenvalue weighted by Crippen LogP contribution is -2.54. The van der Waals surface area contributed by atoms with Crippen molar-refractivity contribution < 1.29 is 18.8 Å². The first-order valence-electron chi connectivity index (χ1n) is 8.74. The van der Waals surface area contributed by atoms with Crippen molar-refractivity contribution in [2.24, 2.45) is 0 Å². The average molecular weight is 377 g/mol. The Morgan fingerprint density at radius 2 is 1.86 bits per heavy atom. The van der Waals surface area contributed by atoms with E-state index in [1.807, 2.05) is 42.0 Å². The lowest BCUT2D eigenvalue weighted by atomic mass is 10.1. The van der Waals surface area contributed by atoms with Gasteiger partial charge >= 0.3 is 6.03 Å². The predicted molar refractivity (Wildman–Crippen MR) is 103 cm³/mol. The Morgan fingerprint density at radius 3 is 2.61 bits per heavy atom. The summed E-state index contributed by atoms with van der Waals surface area (Å²) in [6.07, 6.45) is 3.31. The Hall–Kier alpha value is -3.74. The standard InChI is InChI=1S/C21H16FN3O3/c1-2-24-12-13(16-8-3-4-9-18(16)24)10-17-19(26)23-21(28)25(20(17)27)15-7-5-6-14(22)11-15/h3-12H,2H2,1H3,(H,23,26,28). The summed E-state index contributed by atoms with van der Waals surface area (Å²) in [4.78, 5) is 38.2. The second-order valence-corrected chi connectivity index (χ2v) is 6.33. The molecule has 1 aromatic heterocycles. The molecule has 4 rings (SSSR count). The molecule has 0 atom stereocenters. The number of benzene rings is 2. The molecule has 0 aliphatic carbocycles.